The molecule has 15 heavy (non-hydrogen) atoms. The number of ketones is 1. The van der Waals surface area contributed by atoms with E-state index < -0.39 is 17.8 Å². The van der Waals surface area contributed by atoms with Crippen LogP contribution in [0.5, 0.6) is 0 Å². The van der Waals surface area contributed by atoms with Crippen LogP contribution < -0.4 is 0 Å². The van der Waals surface area contributed by atoms with Gasteiger partial charge in [-0.1, -0.05) is 12.0 Å². The van der Waals surface area contributed by atoms with E-state index in [2.05, 4.69) is 0 Å². The summed E-state index contributed by atoms with van der Waals surface area (Å²) in [5.41, 5.74) is 0.0209. The summed E-state index contributed by atoms with van der Waals surface area (Å²) in [6.07, 6.45) is -4.97. The first-order chi connectivity index (χ1) is 6.89. The Morgan fingerprint density at radius 3 is 2.47 bits per heavy atom. The Bertz CT molecular complexity index is 437. The number of alkyl halides is 3. The summed E-state index contributed by atoms with van der Waals surface area (Å²) in [6, 6.07) is 4.66. The number of Topliss-reactive ketones (excluding diaryl/α,β-unsaturated/α-hetero) is 1. The summed E-state index contributed by atoms with van der Waals surface area (Å²) >= 11 is 0. The van der Waals surface area contributed by atoms with Crippen LogP contribution in [0.2, 0.25) is 0 Å². The van der Waals surface area contributed by atoms with Crippen molar-refractivity contribution < 1.29 is 22.4 Å². The lowest BCUT2D eigenvalue weighted by Gasteiger charge is -1.96. The summed E-state index contributed by atoms with van der Waals surface area (Å²) in [7, 11) is 0. The maximum atomic E-state index is 12.6. The van der Waals surface area contributed by atoms with Crippen LogP contribution in [0.1, 0.15) is 5.56 Å². The van der Waals surface area contributed by atoms with Crippen molar-refractivity contribution in [2.75, 3.05) is 0 Å². The van der Waals surface area contributed by atoms with Crippen LogP contribution in [-0.2, 0) is 4.79 Å². The summed E-state index contributed by atoms with van der Waals surface area (Å²) in [4.78, 5) is 10.3. The molecule has 0 fully saturated rings. The lowest BCUT2D eigenvalue weighted by Crippen LogP contribution is -2.20. The van der Waals surface area contributed by atoms with Crippen LogP contribution in [0, 0.1) is 17.7 Å². The van der Waals surface area contributed by atoms with Gasteiger partial charge in [-0.05, 0) is 24.1 Å². The van der Waals surface area contributed by atoms with Gasteiger partial charge in [-0.3, -0.25) is 4.79 Å². The molecule has 0 aliphatic rings. The number of carbonyl (C=O) groups is 1. The quantitative estimate of drug-likeness (QED) is 0.480. The summed E-state index contributed by atoms with van der Waals surface area (Å²) < 4.78 is 47.7. The number of rotatable bonds is 0. The van der Waals surface area contributed by atoms with Crippen molar-refractivity contribution in [2.45, 2.75) is 6.18 Å². The molecule has 78 valence electrons. The predicted octanol–water partition coefficient (Wildman–Crippen LogP) is 2.31. The van der Waals surface area contributed by atoms with Gasteiger partial charge >= 0.3 is 12.0 Å². The number of benzene rings is 1. The Labute approximate surface area is 82.7 Å². The van der Waals surface area contributed by atoms with Crippen LogP contribution in [-0.4, -0.2) is 12.0 Å². The van der Waals surface area contributed by atoms with E-state index in [9.17, 15) is 22.4 Å². The van der Waals surface area contributed by atoms with Gasteiger partial charge in [0, 0.05) is 5.56 Å². The first kappa shape index (κ1) is 11.2. The van der Waals surface area contributed by atoms with Gasteiger partial charge in [0.05, 0.1) is 0 Å². The molecule has 1 aromatic rings. The minimum absolute atomic E-state index is 0.0209. The topological polar surface area (TPSA) is 17.1 Å². The lowest BCUT2D eigenvalue weighted by molar-refractivity contribution is -0.164. The Kier molecular flexibility index (Phi) is 3.10. The Morgan fingerprint density at radius 2 is 1.93 bits per heavy atom. The molecule has 1 rings (SSSR count). The molecule has 0 aromatic heterocycles. The van der Waals surface area contributed by atoms with Gasteiger partial charge in [0.15, 0.2) is 0 Å². The molecule has 1 nitrogen and oxygen atoms in total. The van der Waals surface area contributed by atoms with Crippen molar-refractivity contribution in [3.8, 4) is 11.8 Å². The highest BCUT2D eigenvalue weighted by Crippen LogP contribution is 2.15. The largest absolute Gasteiger partial charge is 0.462 e. The first-order valence-electron chi connectivity index (χ1n) is 3.78. The van der Waals surface area contributed by atoms with Crippen molar-refractivity contribution in [1.29, 1.82) is 0 Å². The minimum atomic E-state index is -4.97. The fourth-order valence-electron chi connectivity index (χ4n) is 0.766. The van der Waals surface area contributed by atoms with Crippen molar-refractivity contribution in [3.63, 3.8) is 0 Å². The van der Waals surface area contributed by atoms with Gasteiger partial charge in [-0.25, -0.2) is 4.39 Å². The highest BCUT2D eigenvalue weighted by atomic mass is 19.4. The van der Waals surface area contributed by atoms with Gasteiger partial charge in [-0.2, -0.15) is 13.2 Å². The molecule has 0 aliphatic carbocycles. The SMILES string of the molecule is O=C(C#Cc1cccc(F)c1)C(F)(F)F. The molecule has 0 aliphatic heterocycles. The Hall–Kier alpha value is -1.83. The van der Waals surface area contributed by atoms with Crippen LogP contribution in [0.15, 0.2) is 24.3 Å². The summed E-state index contributed by atoms with van der Waals surface area (Å²) in [5.74, 6) is 0.547. The molecule has 0 atom stereocenters. The second-order valence-electron chi connectivity index (χ2n) is 2.59. The van der Waals surface area contributed by atoms with Crippen LogP contribution in [0.4, 0.5) is 17.6 Å². The zero-order chi connectivity index (χ0) is 11.5. The van der Waals surface area contributed by atoms with Gasteiger partial charge < -0.3 is 0 Å². The third-order valence-corrected chi connectivity index (χ3v) is 1.40. The van der Waals surface area contributed by atoms with Crippen molar-refractivity contribution in [1.82, 2.24) is 0 Å². The fraction of sp³-hybridized carbons (Fsp3) is 0.100. The molecule has 0 spiro atoms. The molecule has 0 radical (unpaired) electrons. The van der Waals surface area contributed by atoms with Crippen molar-refractivity contribution in [2.24, 2.45) is 0 Å². The fourth-order valence-corrected chi connectivity index (χ4v) is 0.766. The van der Waals surface area contributed by atoms with Gasteiger partial charge in [0.2, 0.25) is 0 Å². The molecule has 5 heteroatoms. The van der Waals surface area contributed by atoms with Gasteiger partial charge in [0.25, 0.3) is 0 Å². The van der Waals surface area contributed by atoms with Crippen molar-refractivity contribution >= 4 is 5.78 Å². The molecule has 0 heterocycles. The predicted molar refractivity (Wildman–Crippen MR) is 44.3 cm³/mol. The maximum Gasteiger partial charge on any atom is 0.462 e. The van der Waals surface area contributed by atoms with E-state index in [4.69, 9.17) is 0 Å². The molecule has 0 saturated heterocycles. The summed E-state index contributed by atoms with van der Waals surface area (Å²) in [6.45, 7) is 0. The first-order valence-corrected chi connectivity index (χ1v) is 3.78. The monoisotopic (exact) mass is 216 g/mol. The average molecular weight is 216 g/mol. The normalized spacial score (nSPS) is 10.4. The van der Waals surface area contributed by atoms with Crippen LogP contribution in [0.3, 0.4) is 0 Å². The van der Waals surface area contributed by atoms with E-state index in [1.54, 1.807) is 0 Å². The number of carbonyl (C=O) groups excluding carboxylic acids is 1. The third kappa shape index (κ3) is 3.43. The van der Waals surface area contributed by atoms with Crippen LogP contribution >= 0.6 is 0 Å². The second-order valence-corrected chi connectivity index (χ2v) is 2.59. The van der Waals surface area contributed by atoms with E-state index in [0.29, 0.717) is 0 Å². The lowest BCUT2D eigenvalue weighted by atomic mass is 10.2. The van der Waals surface area contributed by atoms with E-state index >= 15 is 0 Å². The molecular weight excluding hydrogens is 212 g/mol. The maximum absolute atomic E-state index is 12.6. The third-order valence-electron chi connectivity index (χ3n) is 1.40. The zero-order valence-electron chi connectivity index (χ0n) is 7.23. The Morgan fingerprint density at radius 1 is 1.27 bits per heavy atom. The molecule has 0 unspecified atom stereocenters. The van der Waals surface area contributed by atoms with E-state index in [1.165, 1.54) is 18.1 Å². The molecule has 0 N–H and O–H groups in total. The van der Waals surface area contributed by atoms with Crippen molar-refractivity contribution in [3.05, 3.63) is 35.6 Å². The number of hydrogen-bond donors (Lipinski definition) is 0. The molecule has 1 aromatic carbocycles. The Balaban J connectivity index is 2.88. The molecule has 0 saturated carbocycles. The van der Waals surface area contributed by atoms with Gasteiger partial charge in [0.1, 0.15) is 5.82 Å². The molecule has 0 bridgehead atoms. The number of halogens is 4. The standard InChI is InChI=1S/C10H4F4O/c11-8-3-1-2-7(6-8)4-5-9(15)10(12,13)14/h1-3,6H. The van der Waals surface area contributed by atoms with E-state index in [0.717, 1.165) is 12.1 Å². The number of hydrogen-bond acceptors (Lipinski definition) is 1. The second kappa shape index (κ2) is 4.13. The van der Waals surface area contributed by atoms with Crippen LogP contribution in [0.25, 0.3) is 0 Å². The minimum Gasteiger partial charge on any atom is -0.275 e. The van der Waals surface area contributed by atoms with E-state index in [-0.39, 0.29) is 5.56 Å². The smallest absolute Gasteiger partial charge is 0.275 e. The van der Waals surface area contributed by atoms with E-state index in [1.807, 2.05) is 5.92 Å². The highest BCUT2D eigenvalue weighted by Gasteiger charge is 2.37. The zero-order valence-corrected chi connectivity index (χ0v) is 7.23. The molecule has 0 amide bonds. The molecular formula is C10H4F4O. The van der Waals surface area contributed by atoms with Gasteiger partial charge in [-0.15, -0.1) is 0 Å². The highest BCUT2D eigenvalue weighted by molar-refractivity contribution is 6.00. The average Bonchev–Trinajstić information content (AvgIpc) is 2.12. The summed E-state index contributed by atoms with van der Waals surface area (Å²) in [5, 5.41) is 0.